The molecule has 1 heterocycles. The van der Waals surface area contributed by atoms with E-state index >= 15 is 0 Å². The van der Waals surface area contributed by atoms with Gasteiger partial charge >= 0.3 is 0 Å². The lowest BCUT2D eigenvalue weighted by Crippen LogP contribution is -2.27. The van der Waals surface area contributed by atoms with Gasteiger partial charge in [0, 0.05) is 19.3 Å². The molecule has 140 valence electrons. The first-order valence-electron chi connectivity index (χ1n) is 9.26. The fourth-order valence-corrected chi connectivity index (χ4v) is 3.33. The number of rotatable bonds is 5. The Balaban J connectivity index is 1.81. The van der Waals surface area contributed by atoms with Gasteiger partial charge in [0.25, 0.3) is 5.91 Å². The normalized spacial score (nSPS) is 10.9. The van der Waals surface area contributed by atoms with Crippen molar-refractivity contribution >= 4 is 5.91 Å². The van der Waals surface area contributed by atoms with Crippen molar-refractivity contribution in [2.24, 2.45) is 0 Å². The molecule has 1 aromatic heterocycles. The van der Waals surface area contributed by atoms with Gasteiger partial charge < -0.3 is 4.90 Å². The van der Waals surface area contributed by atoms with E-state index in [1.807, 2.05) is 37.7 Å². The second-order valence-corrected chi connectivity index (χ2v) is 7.28. The monoisotopic (exact) mass is 361 g/mol. The first-order chi connectivity index (χ1) is 12.9. The van der Waals surface area contributed by atoms with Crippen LogP contribution < -0.4 is 0 Å². The molecule has 0 atom stereocenters. The summed E-state index contributed by atoms with van der Waals surface area (Å²) < 4.78 is 1.93. The number of amides is 1. The Morgan fingerprint density at radius 3 is 2.33 bits per heavy atom. The van der Waals surface area contributed by atoms with E-state index in [2.05, 4.69) is 55.3 Å². The molecule has 0 aliphatic rings. The lowest BCUT2D eigenvalue weighted by atomic mass is 10.1. The third-order valence-electron chi connectivity index (χ3n) is 5.06. The van der Waals surface area contributed by atoms with Crippen LogP contribution in [0.15, 0.2) is 48.5 Å². The van der Waals surface area contributed by atoms with Crippen LogP contribution in [0.25, 0.3) is 0 Å². The molecule has 0 saturated carbocycles. The summed E-state index contributed by atoms with van der Waals surface area (Å²) in [5.41, 5.74) is 7.17. The molecule has 0 aliphatic heterocycles. The summed E-state index contributed by atoms with van der Waals surface area (Å²) in [7, 11) is 1.85. The van der Waals surface area contributed by atoms with E-state index in [1.54, 1.807) is 4.90 Å². The maximum absolute atomic E-state index is 13.1. The van der Waals surface area contributed by atoms with Gasteiger partial charge in [-0.25, -0.2) is 0 Å². The second kappa shape index (κ2) is 7.78. The van der Waals surface area contributed by atoms with Gasteiger partial charge in [-0.15, -0.1) is 0 Å². The average molecular weight is 361 g/mol. The summed E-state index contributed by atoms with van der Waals surface area (Å²) in [6.45, 7) is 9.30. The number of aromatic nitrogens is 2. The van der Waals surface area contributed by atoms with Crippen molar-refractivity contribution in [1.29, 1.82) is 0 Å². The summed E-state index contributed by atoms with van der Waals surface area (Å²) in [6, 6.07) is 16.6. The summed E-state index contributed by atoms with van der Waals surface area (Å²) in [4.78, 5) is 14.9. The Kier molecular flexibility index (Phi) is 5.45. The zero-order chi connectivity index (χ0) is 19.6. The minimum absolute atomic E-state index is 0.0170. The molecule has 0 fully saturated rings. The molecule has 3 aromatic rings. The van der Waals surface area contributed by atoms with Gasteiger partial charge in [0.15, 0.2) is 0 Å². The second-order valence-electron chi connectivity index (χ2n) is 7.28. The molecule has 0 aliphatic carbocycles. The Morgan fingerprint density at radius 2 is 1.67 bits per heavy atom. The minimum Gasteiger partial charge on any atom is -0.337 e. The maximum atomic E-state index is 13.1. The van der Waals surface area contributed by atoms with Gasteiger partial charge in [-0.05, 0) is 44.4 Å². The number of hydrogen-bond acceptors (Lipinski definition) is 2. The Labute approximate surface area is 161 Å². The van der Waals surface area contributed by atoms with Crippen molar-refractivity contribution in [3.8, 4) is 0 Å². The van der Waals surface area contributed by atoms with Gasteiger partial charge in [-0.2, -0.15) is 5.10 Å². The standard InChI is InChI=1S/C23H27N3O/c1-16-10-12-20(13-11-16)14-26-19(4)22(18(3)24-26)23(27)25(5)15-21-9-7-6-8-17(21)2/h6-13H,14-15H2,1-5H3. The molecule has 3 rings (SSSR count). The molecule has 4 nitrogen and oxygen atoms in total. The van der Waals surface area contributed by atoms with Crippen LogP contribution in [-0.2, 0) is 13.1 Å². The average Bonchev–Trinajstić information content (AvgIpc) is 2.91. The van der Waals surface area contributed by atoms with Crippen LogP contribution in [0, 0.1) is 27.7 Å². The molecule has 4 heteroatoms. The van der Waals surface area contributed by atoms with Crippen molar-refractivity contribution in [3.63, 3.8) is 0 Å². The van der Waals surface area contributed by atoms with Crippen LogP contribution in [0.4, 0.5) is 0 Å². The molecular formula is C23H27N3O. The summed E-state index contributed by atoms with van der Waals surface area (Å²) in [6.07, 6.45) is 0. The highest BCUT2D eigenvalue weighted by atomic mass is 16.2. The van der Waals surface area contributed by atoms with Crippen LogP contribution in [-0.4, -0.2) is 27.6 Å². The van der Waals surface area contributed by atoms with E-state index in [-0.39, 0.29) is 5.91 Å². The quantitative estimate of drug-likeness (QED) is 0.674. The van der Waals surface area contributed by atoms with E-state index in [1.165, 1.54) is 16.7 Å². The largest absolute Gasteiger partial charge is 0.337 e. The van der Waals surface area contributed by atoms with Gasteiger partial charge in [0.2, 0.25) is 0 Å². The van der Waals surface area contributed by atoms with Crippen LogP contribution in [0.1, 0.15) is 44.0 Å². The number of aryl methyl sites for hydroxylation is 3. The Hall–Kier alpha value is -2.88. The highest BCUT2D eigenvalue weighted by molar-refractivity contribution is 5.96. The fourth-order valence-electron chi connectivity index (χ4n) is 3.33. The van der Waals surface area contributed by atoms with Crippen molar-refractivity contribution < 1.29 is 4.79 Å². The lowest BCUT2D eigenvalue weighted by Gasteiger charge is -2.19. The van der Waals surface area contributed by atoms with Crippen LogP contribution in [0.3, 0.4) is 0 Å². The number of nitrogens with zero attached hydrogens (tertiary/aromatic N) is 3. The number of carbonyl (C=O) groups is 1. The van der Waals surface area contributed by atoms with Gasteiger partial charge in [-0.3, -0.25) is 9.48 Å². The molecule has 0 spiro atoms. The molecule has 1 amide bonds. The predicted molar refractivity (Wildman–Crippen MR) is 109 cm³/mol. The molecule has 0 N–H and O–H groups in total. The first-order valence-corrected chi connectivity index (χ1v) is 9.26. The topological polar surface area (TPSA) is 38.1 Å². The number of benzene rings is 2. The molecule has 0 radical (unpaired) electrons. The molecule has 27 heavy (non-hydrogen) atoms. The van der Waals surface area contributed by atoms with Crippen LogP contribution >= 0.6 is 0 Å². The van der Waals surface area contributed by atoms with Gasteiger partial charge in [0.1, 0.15) is 0 Å². The Morgan fingerprint density at radius 1 is 1.00 bits per heavy atom. The highest BCUT2D eigenvalue weighted by Crippen LogP contribution is 2.19. The minimum atomic E-state index is 0.0170. The zero-order valence-electron chi connectivity index (χ0n) is 16.8. The predicted octanol–water partition coefficient (Wildman–Crippen LogP) is 4.44. The smallest absolute Gasteiger partial charge is 0.257 e. The molecule has 2 aromatic carbocycles. The first kappa shape index (κ1) is 18.9. The Bertz CT molecular complexity index is 954. The van der Waals surface area contributed by atoms with Crippen molar-refractivity contribution in [2.45, 2.75) is 40.8 Å². The summed E-state index contributed by atoms with van der Waals surface area (Å²) in [5, 5.41) is 4.63. The lowest BCUT2D eigenvalue weighted by molar-refractivity contribution is 0.0783. The fraction of sp³-hybridized carbons (Fsp3) is 0.304. The third-order valence-corrected chi connectivity index (χ3v) is 5.06. The molecular weight excluding hydrogens is 334 g/mol. The van der Waals surface area contributed by atoms with Gasteiger partial charge in [-0.1, -0.05) is 54.1 Å². The highest BCUT2D eigenvalue weighted by Gasteiger charge is 2.22. The summed E-state index contributed by atoms with van der Waals surface area (Å²) >= 11 is 0. The molecule has 0 saturated heterocycles. The number of hydrogen-bond donors (Lipinski definition) is 0. The van der Waals surface area contributed by atoms with E-state index in [9.17, 15) is 4.79 Å². The van der Waals surface area contributed by atoms with E-state index < -0.39 is 0 Å². The van der Waals surface area contributed by atoms with Crippen molar-refractivity contribution in [1.82, 2.24) is 14.7 Å². The zero-order valence-corrected chi connectivity index (χ0v) is 16.8. The van der Waals surface area contributed by atoms with E-state index in [4.69, 9.17) is 0 Å². The number of carbonyl (C=O) groups excluding carboxylic acids is 1. The van der Waals surface area contributed by atoms with Crippen molar-refractivity contribution in [3.05, 3.63) is 87.7 Å². The SMILES string of the molecule is Cc1ccc(Cn2nc(C)c(C(=O)N(C)Cc3ccccc3C)c2C)cc1. The van der Waals surface area contributed by atoms with Crippen molar-refractivity contribution in [2.75, 3.05) is 7.05 Å². The maximum Gasteiger partial charge on any atom is 0.257 e. The summed E-state index contributed by atoms with van der Waals surface area (Å²) in [5.74, 6) is 0.0170. The molecule has 0 bridgehead atoms. The third kappa shape index (κ3) is 4.11. The van der Waals surface area contributed by atoms with E-state index in [0.717, 1.165) is 17.0 Å². The molecule has 0 unspecified atom stereocenters. The van der Waals surface area contributed by atoms with E-state index in [0.29, 0.717) is 18.7 Å². The van der Waals surface area contributed by atoms with Gasteiger partial charge in [0.05, 0.1) is 17.8 Å². The van der Waals surface area contributed by atoms with Crippen LogP contribution in [0.5, 0.6) is 0 Å². The van der Waals surface area contributed by atoms with Crippen LogP contribution in [0.2, 0.25) is 0 Å².